The maximum atomic E-state index is 14.7. The van der Waals surface area contributed by atoms with Crippen molar-refractivity contribution in [2.24, 2.45) is 29.6 Å². The van der Waals surface area contributed by atoms with Gasteiger partial charge in [-0.25, -0.2) is 4.79 Å². The Labute approximate surface area is 327 Å². The molecule has 2 saturated carbocycles. The van der Waals surface area contributed by atoms with Gasteiger partial charge in [-0.2, -0.15) is 0 Å². The summed E-state index contributed by atoms with van der Waals surface area (Å²) in [6, 6.07) is 6.15. The van der Waals surface area contributed by atoms with Crippen LogP contribution in [0.1, 0.15) is 115 Å². The summed E-state index contributed by atoms with van der Waals surface area (Å²) in [5, 5.41) is 12.1. The van der Waals surface area contributed by atoms with E-state index < -0.39 is 59.8 Å². The summed E-state index contributed by atoms with van der Waals surface area (Å²) in [4.78, 5) is 95.5. The van der Waals surface area contributed by atoms with Crippen LogP contribution in [0.3, 0.4) is 0 Å². The molecule has 2 heterocycles. The van der Waals surface area contributed by atoms with Gasteiger partial charge in [-0.05, 0) is 60.5 Å². The van der Waals surface area contributed by atoms with Crippen LogP contribution in [0.25, 0.3) is 0 Å². The minimum Gasteiger partial charge on any atom is -0.479 e. The van der Waals surface area contributed by atoms with E-state index in [4.69, 9.17) is 4.74 Å². The topological polar surface area (TPSA) is 164 Å². The Hall–Kier alpha value is -3.19. The summed E-state index contributed by atoms with van der Waals surface area (Å²) < 4.78 is 5.19. The van der Waals surface area contributed by atoms with Gasteiger partial charge in [-0.15, -0.1) is 23.5 Å². The quantitative estimate of drug-likeness (QED) is 0.122. The molecule has 11 nitrogen and oxygen atoms in total. The van der Waals surface area contributed by atoms with Gasteiger partial charge >= 0.3 is 11.9 Å². The first-order valence-corrected chi connectivity index (χ1v) is 21.7. The number of carboxylic acid groups (broad SMARTS) is 1. The number of aliphatic carboxylic acids is 1. The number of benzene rings is 1. The molecule has 2 aliphatic carbocycles. The van der Waals surface area contributed by atoms with Gasteiger partial charge < -0.3 is 20.1 Å². The molecule has 13 heteroatoms. The van der Waals surface area contributed by atoms with Crippen molar-refractivity contribution in [3.05, 3.63) is 35.9 Å². The summed E-state index contributed by atoms with van der Waals surface area (Å²) >= 11 is 3.56. The first kappa shape index (κ1) is 42.0. The van der Waals surface area contributed by atoms with Gasteiger partial charge in [0.05, 0.1) is 29.1 Å². The largest absolute Gasteiger partial charge is 0.479 e. The smallest absolute Gasteiger partial charge is 0.330 e. The fourth-order valence-corrected chi connectivity index (χ4v) is 11.4. The van der Waals surface area contributed by atoms with Crippen molar-refractivity contribution in [1.82, 2.24) is 10.2 Å². The number of ketones is 3. The number of nitrogens with one attached hydrogen (secondary N) is 1. The van der Waals surface area contributed by atoms with Gasteiger partial charge in [0, 0.05) is 38.1 Å². The molecule has 5 rings (SSSR count). The van der Waals surface area contributed by atoms with E-state index in [0.717, 1.165) is 62.9 Å². The maximum Gasteiger partial charge on any atom is 0.330 e. The second-order valence-electron chi connectivity index (χ2n) is 16.0. The number of hydrogen-bond acceptors (Lipinski definition) is 10. The highest BCUT2D eigenvalue weighted by atomic mass is 32.2. The average Bonchev–Trinajstić information content (AvgIpc) is 3.92. The third-order valence-corrected chi connectivity index (χ3v) is 14.5. The molecule has 296 valence electrons. The summed E-state index contributed by atoms with van der Waals surface area (Å²) in [6.45, 7) is 4.59. The van der Waals surface area contributed by atoms with Crippen LogP contribution in [-0.2, 0) is 38.3 Å². The van der Waals surface area contributed by atoms with Gasteiger partial charge in [0.2, 0.25) is 17.6 Å². The van der Waals surface area contributed by atoms with E-state index in [9.17, 15) is 38.7 Å². The molecule has 1 aromatic rings. The van der Waals surface area contributed by atoms with E-state index in [1.807, 2.05) is 13.8 Å². The number of amides is 2. The van der Waals surface area contributed by atoms with Gasteiger partial charge in [-0.1, -0.05) is 76.3 Å². The number of carbonyl (C=O) groups is 7. The van der Waals surface area contributed by atoms with E-state index in [1.165, 1.54) is 0 Å². The molecular formula is C41H56N2O9S2. The van der Waals surface area contributed by atoms with Crippen LogP contribution in [0.2, 0.25) is 0 Å². The van der Waals surface area contributed by atoms with E-state index >= 15 is 0 Å². The number of carbonyl (C=O) groups excluding carboxylic acids is 6. The molecule has 54 heavy (non-hydrogen) atoms. The molecule has 2 aliphatic heterocycles. The molecular weight excluding hydrogens is 729 g/mol. The zero-order valence-corrected chi connectivity index (χ0v) is 33.3. The summed E-state index contributed by atoms with van der Waals surface area (Å²) in [7, 11) is 0. The Balaban J connectivity index is 1.29. The molecule has 0 radical (unpaired) electrons. The number of ether oxygens (including phenoxy) is 1. The number of nitrogens with zero attached hydrogens (tertiary/aromatic N) is 1. The standard InChI is InChI=1S/C41H56N2O9S2/c1-26(2)24-52-36(47)22-31(28-10-5-3-6-11-28)39(49)43-25-41(53-18-9-19-54-41)23-32(43)34(45)21-30(20-27-14-15-27)38(48)33(44)16-17-35(46)42-37(40(50)51)29-12-7-4-8-13-29/h4,7-8,12-13,26-28,30-32,37H,3,5-6,9-11,14-25H2,1-2H3,(H,42,46)(H,50,51)/t30?,31-,32-,37?/m0/s1. The van der Waals surface area contributed by atoms with E-state index in [0.29, 0.717) is 24.9 Å². The number of carboxylic acids is 1. The van der Waals surface area contributed by atoms with E-state index in [2.05, 4.69) is 5.32 Å². The van der Waals surface area contributed by atoms with Crippen LogP contribution in [0.5, 0.6) is 0 Å². The Kier molecular flexibility index (Phi) is 15.2. The lowest BCUT2D eigenvalue weighted by atomic mass is 9.77. The fraction of sp³-hybridized carbons (Fsp3) is 0.683. The first-order chi connectivity index (χ1) is 25.9. The molecule has 4 atom stereocenters. The molecule has 0 bridgehead atoms. The number of hydrogen-bond donors (Lipinski definition) is 2. The summed E-state index contributed by atoms with van der Waals surface area (Å²) in [5.74, 6) is -3.39. The van der Waals surface area contributed by atoms with Gasteiger partial charge in [0.1, 0.15) is 0 Å². The zero-order chi connectivity index (χ0) is 38.8. The van der Waals surface area contributed by atoms with Crippen molar-refractivity contribution in [2.75, 3.05) is 24.7 Å². The third-order valence-electron chi connectivity index (χ3n) is 11.1. The van der Waals surface area contributed by atoms with Gasteiger partial charge in [0.25, 0.3) is 0 Å². The molecule has 2 amide bonds. The van der Waals surface area contributed by atoms with Crippen LogP contribution in [0.4, 0.5) is 0 Å². The minimum atomic E-state index is -1.30. The highest BCUT2D eigenvalue weighted by molar-refractivity contribution is 8.18. The minimum absolute atomic E-state index is 0.0225. The number of thioether (sulfide) groups is 2. The molecule has 1 spiro atoms. The van der Waals surface area contributed by atoms with Crippen molar-refractivity contribution < 1.29 is 43.4 Å². The van der Waals surface area contributed by atoms with Gasteiger partial charge in [0.15, 0.2) is 17.6 Å². The second kappa shape index (κ2) is 19.6. The van der Waals surface area contributed by atoms with Crippen LogP contribution in [0, 0.1) is 29.6 Å². The van der Waals surface area contributed by atoms with Crippen molar-refractivity contribution in [1.29, 1.82) is 0 Å². The van der Waals surface area contributed by atoms with Crippen LogP contribution in [-0.4, -0.2) is 85.9 Å². The first-order valence-electron chi connectivity index (χ1n) is 19.8. The Morgan fingerprint density at radius 1 is 0.907 bits per heavy atom. The molecule has 2 unspecified atom stereocenters. The average molecular weight is 785 g/mol. The molecule has 4 fully saturated rings. The lowest BCUT2D eigenvalue weighted by molar-refractivity contribution is -0.152. The molecule has 0 aromatic heterocycles. The Morgan fingerprint density at radius 2 is 1.59 bits per heavy atom. The van der Waals surface area contributed by atoms with E-state index in [-0.39, 0.29) is 59.4 Å². The lowest BCUT2D eigenvalue weighted by Gasteiger charge is -2.35. The predicted molar refractivity (Wildman–Crippen MR) is 208 cm³/mol. The van der Waals surface area contributed by atoms with Crippen molar-refractivity contribution >= 4 is 64.6 Å². The number of rotatable bonds is 19. The monoisotopic (exact) mass is 784 g/mol. The SMILES string of the molecule is CC(C)COC(=O)C[C@H](C(=O)N1CC2(C[C@H]1C(=O)CC(CC1CC1)C(=O)C(=O)CCC(=O)NC(C(=O)O)c1ccccc1)SCCCS2)C1CCCCC1. The van der Waals surface area contributed by atoms with Crippen molar-refractivity contribution in [3.63, 3.8) is 0 Å². The van der Waals surface area contributed by atoms with Gasteiger partial charge in [-0.3, -0.25) is 28.8 Å². The zero-order valence-electron chi connectivity index (χ0n) is 31.6. The highest BCUT2D eigenvalue weighted by Crippen LogP contribution is 2.51. The Bertz CT molecular complexity index is 1520. The molecule has 1 aromatic carbocycles. The molecule has 2 N–H and O–H groups in total. The summed E-state index contributed by atoms with van der Waals surface area (Å²) in [6.07, 6.45) is 7.48. The summed E-state index contributed by atoms with van der Waals surface area (Å²) in [5.41, 5.74) is 0.381. The Morgan fingerprint density at radius 3 is 2.22 bits per heavy atom. The predicted octanol–water partition coefficient (Wildman–Crippen LogP) is 6.18. The third kappa shape index (κ3) is 11.7. The molecule has 4 aliphatic rings. The van der Waals surface area contributed by atoms with Crippen molar-refractivity contribution in [2.45, 2.75) is 120 Å². The van der Waals surface area contributed by atoms with Crippen LogP contribution < -0.4 is 5.32 Å². The molecule has 2 saturated heterocycles. The fourth-order valence-electron chi connectivity index (χ4n) is 8.05. The van der Waals surface area contributed by atoms with E-state index in [1.54, 1.807) is 58.8 Å². The van der Waals surface area contributed by atoms with Crippen LogP contribution >= 0.6 is 23.5 Å². The number of esters is 1. The van der Waals surface area contributed by atoms with Crippen LogP contribution in [0.15, 0.2) is 30.3 Å². The number of likely N-dealkylation sites (tertiary alicyclic amines) is 1. The number of Topliss-reactive ketones (excluding diaryl/α,β-unsaturated/α-hetero) is 3. The van der Waals surface area contributed by atoms with Crippen molar-refractivity contribution in [3.8, 4) is 0 Å². The second-order valence-corrected chi connectivity index (χ2v) is 19.2. The lowest BCUT2D eigenvalue weighted by Crippen LogP contribution is -2.47. The normalized spacial score (nSPS) is 21.6. The highest BCUT2D eigenvalue weighted by Gasteiger charge is 2.52. The maximum absolute atomic E-state index is 14.7.